The second-order valence-electron chi connectivity index (χ2n) is 4.92. The Bertz CT molecular complexity index is 526. The van der Waals surface area contributed by atoms with Crippen molar-refractivity contribution in [3.8, 4) is 5.75 Å². The summed E-state index contributed by atoms with van der Waals surface area (Å²) in [6, 6.07) is 4.73. The molecule has 0 saturated heterocycles. The highest BCUT2D eigenvalue weighted by atomic mass is 79.9. The van der Waals surface area contributed by atoms with Gasteiger partial charge in [0.1, 0.15) is 5.75 Å². The number of hydrogen-bond acceptors (Lipinski definition) is 4. The van der Waals surface area contributed by atoms with Crippen LogP contribution in [0.1, 0.15) is 13.8 Å². The molecule has 0 spiro atoms. The molecule has 0 aromatic heterocycles. The highest BCUT2D eigenvalue weighted by Crippen LogP contribution is 2.29. The van der Waals surface area contributed by atoms with Crippen LogP contribution in [-0.4, -0.2) is 27.8 Å². The van der Waals surface area contributed by atoms with E-state index in [0.29, 0.717) is 16.8 Å². The zero-order valence-electron chi connectivity index (χ0n) is 10.7. The lowest BCUT2D eigenvalue weighted by atomic mass is 9.97. The summed E-state index contributed by atoms with van der Waals surface area (Å²) in [7, 11) is -1.81. The van der Waals surface area contributed by atoms with Gasteiger partial charge in [-0.15, -0.1) is 0 Å². The van der Waals surface area contributed by atoms with E-state index in [4.69, 9.17) is 10.5 Å². The fourth-order valence-electron chi connectivity index (χ4n) is 1.50. The molecule has 0 aliphatic heterocycles. The molecule has 1 aromatic rings. The average molecular weight is 336 g/mol. The summed E-state index contributed by atoms with van der Waals surface area (Å²) in [5.41, 5.74) is 5.13. The molecule has 0 fully saturated rings. The molecule has 6 heteroatoms. The number of benzene rings is 1. The zero-order chi connectivity index (χ0) is 14.0. The van der Waals surface area contributed by atoms with Gasteiger partial charge in [-0.05, 0) is 46.1 Å². The van der Waals surface area contributed by atoms with Crippen LogP contribution in [0.15, 0.2) is 27.6 Å². The third kappa shape index (κ3) is 3.70. The molecule has 2 N–H and O–H groups in total. The van der Waals surface area contributed by atoms with Crippen molar-refractivity contribution in [3.05, 3.63) is 22.7 Å². The van der Waals surface area contributed by atoms with Gasteiger partial charge in [0.15, 0.2) is 9.84 Å². The summed E-state index contributed by atoms with van der Waals surface area (Å²) in [4.78, 5) is 0.275. The number of nitrogens with two attached hydrogens (primary N) is 1. The number of rotatable bonds is 5. The molecule has 0 aliphatic rings. The fourth-order valence-corrected chi connectivity index (χ4v) is 4.08. The van der Waals surface area contributed by atoms with Gasteiger partial charge in [0, 0.05) is 0 Å². The summed E-state index contributed by atoms with van der Waals surface area (Å²) in [6.07, 6.45) is 0. The summed E-state index contributed by atoms with van der Waals surface area (Å²) in [5, 5.41) is 0. The summed E-state index contributed by atoms with van der Waals surface area (Å²) < 4.78 is 30.2. The van der Waals surface area contributed by atoms with E-state index >= 15 is 0 Å². The monoisotopic (exact) mass is 335 g/mol. The van der Waals surface area contributed by atoms with Crippen LogP contribution in [0, 0.1) is 5.41 Å². The lowest BCUT2D eigenvalue weighted by Gasteiger charge is -2.22. The minimum atomic E-state index is -3.34. The second kappa shape index (κ2) is 5.59. The summed E-state index contributed by atoms with van der Waals surface area (Å²) in [6.45, 7) is 4.00. The molecule has 0 bridgehead atoms. The van der Waals surface area contributed by atoms with Crippen molar-refractivity contribution in [1.82, 2.24) is 0 Å². The minimum absolute atomic E-state index is 0.0231. The Morgan fingerprint density at radius 2 is 2.00 bits per heavy atom. The first-order chi connectivity index (χ1) is 8.22. The fraction of sp³-hybridized carbons (Fsp3) is 0.500. The van der Waals surface area contributed by atoms with Crippen LogP contribution in [0.25, 0.3) is 0 Å². The zero-order valence-corrected chi connectivity index (χ0v) is 13.1. The number of sulfone groups is 1. The largest absolute Gasteiger partial charge is 0.496 e. The van der Waals surface area contributed by atoms with E-state index in [1.54, 1.807) is 18.2 Å². The number of ether oxygens (including phenoxy) is 1. The minimum Gasteiger partial charge on any atom is -0.496 e. The third-order valence-electron chi connectivity index (χ3n) is 2.62. The van der Waals surface area contributed by atoms with Crippen molar-refractivity contribution < 1.29 is 13.2 Å². The molecular formula is C12H18BrNO3S. The molecular weight excluding hydrogens is 318 g/mol. The predicted molar refractivity (Wildman–Crippen MR) is 75.6 cm³/mol. The van der Waals surface area contributed by atoms with Crippen LogP contribution in [0.3, 0.4) is 0 Å². The Labute approximate surface area is 117 Å². The smallest absolute Gasteiger partial charge is 0.178 e. The Morgan fingerprint density at radius 3 is 2.44 bits per heavy atom. The standard InChI is InChI=1S/C12H18BrNO3S/c1-12(2,7-14)8-18(15,16)9-4-5-11(17-3)10(13)6-9/h4-6H,7-8,14H2,1-3H3. The van der Waals surface area contributed by atoms with Crippen LogP contribution >= 0.6 is 15.9 Å². The van der Waals surface area contributed by atoms with Crippen molar-refractivity contribution in [2.75, 3.05) is 19.4 Å². The van der Waals surface area contributed by atoms with E-state index in [1.165, 1.54) is 7.11 Å². The Morgan fingerprint density at radius 1 is 1.39 bits per heavy atom. The van der Waals surface area contributed by atoms with Gasteiger partial charge in [-0.25, -0.2) is 8.42 Å². The van der Waals surface area contributed by atoms with Crippen LogP contribution in [0.4, 0.5) is 0 Å². The maximum atomic E-state index is 12.2. The first-order valence-corrected chi connectivity index (χ1v) is 7.93. The van der Waals surface area contributed by atoms with E-state index in [2.05, 4.69) is 15.9 Å². The van der Waals surface area contributed by atoms with Gasteiger partial charge in [-0.2, -0.15) is 0 Å². The SMILES string of the molecule is COc1ccc(S(=O)(=O)CC(C)(C)CN)cc1Br. The highest BCUT2D eigenvalue weighted by Gasteiger charge is 2.26. The average Bonchev–Trinajstić information content (AvgIpc) is 2.27. The molecule has 18 heavy (non-hydrogen) atoms. The topological polar surface area (TPSA) is 69.4 Å². The van der Waals surface area contributed by atoms with Gasteiger partial charge in [0.05, 0.1) is 22.2 Å². The van der Waals surface area contributed by atoms with Crippen molar-refractivity contribution >= 4 is 25.8 Å². The van der Waals surface area contributed by atoms with E-state index in [9.17, 15) is 8.42 Å². The molecule has 0 radical (unpaired) electrons. The van der Waals surface area contributed by atoms with Crippen LogP contribution in [0.2, 0.25) is 0 Å². The van der Waals surface area contributed by atoms with Crippen molar-refractivity contribution in [3.63, 3.8) is 0 Å². The number of hydrogen-bond donors (Lipinski definition) is 1. The predicted octanol–water partition coefficient (Wildman–Crippen LogP) is 2.22. The Hall–Kier alpha value is -0.590. The first kappa shape index (κ1) is 15.5. The molecule has 4 nitrogen and oxygen atoms in total. The molecule has 0 saturated carbocycles. The Kier molecular flexibility index (Phi) is 4.80. The van der Waals surface area contributed by atoms with Crippen molar-refractivity contribution in [2.45, 2.75) is 18.7 Å². The molecule has 0 atom stereocenters. The molecule has 102 valence electrons. The molecule has 1 aromatic carbocycles. The van der Waals surface area contributed by atoms with Crippen molar-refractivity contribution in [2.24, 2.45) is 11.1 Å². The molecule has 0 unspecified atom stereocenters. The molecule has 0 heterocycles. The third-order valence-corrected chi connectivity index (χ3v) is 5.37. The lowest BCUT2D eigenvalue weighted by molar-refractivity contribution is 0.411. The van der Waals surface area contributed by atoms with Gasteiger partial charge in [-0.3, -0.25) is 0 Å². The first-order valence-electron chi connectivity index (χ1n) is 5.48. The van der Waals surface area contributed by atoms with Crippen molar-refractivity contribution in [1.29, 1.82) is 0 Å². The van der Waals surface area contributed by atoms with Gasteiger partial charge in [0.2, 0.25) is 0 Å². The van der Waals surface area contributed by atoms with Gasteiger partial charge in [0.25, 0.3) is 0 Å². The van der Waals surface area contributed by atoms with Gasteiger partial charge >= 0.3 is 0 Å². The van der Waals surface area contributed by atoms with Gasteiger partial charge < -0.3 is 10.5 Å². The lowest BCUT2D eigenvalue weighted by Crippen LogP contribution is -2.31. The molecule has 0 amide bonds. The van der Waals surface area contributed by atoms with E-state index < -0.39 is 15.3 Å². The number of methoxy groups -OCH3 is 1. The quantitative estimate of drug-likeness (QED) is 0.895. The molecule has 0 aliphatic carbocycles. The van der Waals surface area contributed by atoms with Gasteiger partial charge in [-0.1, -0.05) is 13.8 Å². The second-order valence-corrected chi connectivity index (χ2v) is 7.77. The van der Waals surface area contributed by atoms with E-state index in [0.717, 1.165) is 0 Å². The van der Waals surface area contributed by atoms with E-state index in [1.807, 2.05) is 13.8 Å². The maximum absolute atomic E-state index is 12.2. The van der Waals surface area contributed by atoms with Crippen LogP contribution in [-0.2, 0) is 9.84 Å². The van der Waals surface area contributed by atoms with Crippen LogP contribution < -0.4 is 10.5 Å². The highest BCUT2D eigenvalue weighted by molar-refractivity contribution is 9.10. The molecule has 1 rings (SSSR count). The summed E-state index contributed by atoms with van der Waals surface area (Å²) in [5.74, 6) is 0.627. The van der Waals surface area contributed by atoms with E-state index in [-0.39, 0.29) is 10.6 Å². The Balaban J connectivity index is 3.10. The summed E-state index contributed by atoms with van der Waals surface area (Å²) >= 11 is 3.28. The normalized spacial score (nSPS) is 12.5. The number of halogens is 1. The van der Waals surface area contributed by atoms with Crippen LogP contribution in [0.5, 0.6) is 5.75 Å². The maximum Gasteiger partial charge on any atom is 0.178 e.